The lowest BCUT2D eigenvalue weighted by molar-refractivity contribution is -0.122. The van der Waals surface area contributed by atoms with Crippen LogP contribution < -0.4 is 10.1 Å². The molecule has 1 heterocycles. The fourth-order valence-electron chi connectivity index (χ4n) is 4.01. The lowest BCUT2D eigenvalue weighted by atomic mass is 9.91. The summed E-state index contributed by atoms with van der Waals surface area (Å²) < 4.78 is 5.75. The second kappa shape index (κ2) is 9.33. The first kappa shape index (κ1) is 21.9. The van der Waals surface area contributed by atoms with Gasteiger partial charge in [0.1, 0.15) is 5.75 Å². The molecule has 0 bridgehead atoms. The Bertz CT molecular complexity index is 897. The number of hydrogen-bond donors (Lipinski definition) is 1. The summed E-state index contributed by atoms with van der Waals surface area (Å²) in [5.74, 6) is 1.43. The molecule has 1 aliphatic rings. The average molecular weight is 409 g/mol. The molecule has 1 aliphatic heterocycles. The molecule has 1 fully saturated rings. The maximum atomic E-state index is 13.0. The molecule has 3 unspecified atom stereocenters. The third-order valence-corrected chi connectivity index (χ3v) is 5.60. The number of benzene rings is 2. The van der Waals surface area contributed by atoms with Crippen molar-refractivity contribution in [3.05, 3.63) is 59.2 Å². The molecule has 1 saturated heterocycles. The number of aryl methyl sites for hydroxylation is 2. The summed E-state index contributed by atoms with van der Waals surface area (Å²) in [7, 11) is 0. The Morgan fingerprint density at radius 1 is 1.03 bits per heavy atom. The Labute approximate surface area is 179 Å². The van der Waals surface area contributed by atoms with Gasteiger partial charge in [0, 0.05) is 24.3 Å². The van der Waals surface area contributed by atoms with E-state index in [1.54, 1.807) is 13.0 Å². The minimum atomic E-state index is -0.657. The summed E-state index contributed by atoms with van der Waals surface area (Å²) in [4.78, 5) is 27.6. The predicted molar refractivity (Wildman–Crippen MR) is 120 cm³/mol. The third-order valence-electron chi connectivity index (χ3n) is 5.60. The van der Waals surface area contributed by atoms with E-state index in [-0.39, 0.29) is 11.8 Å². The van der Waals surface area contributed by atoms with Crippen molar-refractivity contribution in [2.75, 3.05) is 18.4 Å². The van der Waals surface area contributed by atoms with E-state index in [1.807, 2.05) is 55.1 Å². The van der Waals surface area contributed by atoms with Crippen molar-refractivity contribution in [2.45, 2.75) is 47.1 Å². The molecule has 1 N–H and O–H groups in total. The molecule has 0 aliphatic carbocycles. The molecule has 30 heavy (non-hydrogen) atoms. The van der Waals surface area contributed by atoms with Crippen LogP contribution in [0.5, 0.6) is 5.75 Å². The van der Waals surface area contributed by atoms with E-state index >= 15 is 0 Å². The van der Waals surface area contributed by atoms with Gasteiger partial charge in [-0.05, 0) is 68.9 Å². The highest BCUT2D eigenvalue weighted by atomic mass is 16.5. The number of nitrogens with one attached hydrogen (secondary N) is 1. The summed E-state index contributed by atoms with van der Waals surface area (Å²) in [5, 5.41) is 2.92. The molecular formula is C25H32N2O3. The first-order valence-electron chi connectivity index (χ1n) is 10.7. The number of hydrogen-bond acceptors (Lipinski definition) is 3. The highest BCUT2D eigenvalue weighted by Gasteiger charge is 2.26. The number of rotatable bonds is 5. The van der Waals surface area contributed by atoms with Crippen molar-refractivity contribution in [3.63, 3.8) is 0 Å². The number of amides is 2. The molecule has 5 nitrogen and oxygen atoms in total. The first-order valence-corrected chi connectivity index (χ1v) is 10.7. The summed E-state index contributed by atoms with van der Waals surface area (Å²) >= 11 is 0. The SMILES string of the molecule is Cc1ccc(OC(C)C(=O)Nc2cc(C(=O)N3CC(C)CC(C)C3)ccc2C)cc1. The number of piperidine rings is 1. The monoisotopic (exact) mass is 408 g/mol. The standard InChI is InChI=1S/C25H32N2O3/c1-16-6-10-22(11-7-16)30-20(5)24(28)26-23-13-21(9-8-19(23)4)25(29)27-14-17(2)12-18(3)15-27/h6-11,13,17-18,20H,12,14-15H2,1-5H3,(H,26,28). The van der Waals surface area contributed by atoms with Crippen LogP contribution in [0.4, 0.5) is 5.69 Å². The van der Waals surface area contributed by atoms with Crippen LogP contribution in [0.15, 0.2) is 42.5 Å². The number of carbonyl (C=O) groups excluding carboxylic acids is 2. The number of likely N-dealkylation sites (tertiary alicyclic amines) is 1. The van der Waals surface area contributed by atoms with Gasteiger partial charge < -0.3 is 15.0 Å². The minimum absolute atomic E-state index is 0.0212. The molecule has 5 heteroatoms. The molecule has 2 amide bonds. The van der Waals surface area contributed by atoms with Gasteiger partial charge in [0.25, 0.3) is 11.8 Å². The maximum absolute atomic E-state index is 13.0. The van der Waals surface area contributed by atoms with Gasteiger partial charge in [-0.15, -0.1) is 0 Å². The first-order chi connectivity index (χ1) is 14.2. The van der Waals surface area contributed by atoms with E-state index in [1.165, 1.54) is 0 Å². The van der Waals surface area contributed by atoms with Crippen molar-refractivity contribution in [3.8, 4) is 5.75 Å². The van der Waals surface area contributed by atoms with E-state index in [0.29, 0.717) is 28.8 Å². The number of anilines is 1. The lowest BCUT2D eigenvalue weighted by Gasteiger charge is -2.35. The van der Waals surface area contributed by atoms with Crippen LogP contribution in [-0.4, -0.2) is 35.9 Å². The Morgan fingerprint density at radius 2 is 1.67 bits per heavy atom. The van der Waals surface area contributed by atoms with Crippen molar-refractivity contribution in [2.24, 2.45) is 11.8 Å². The fourth-order valence-corrected chi connectivity index (χ4v) is 4.01. The molecule has 2 aromatic carbocycles. The van der Waals surface area contributed by atoms with Gasteiger partial charge in [0.2, 0.25) is 0 Å². The minimum Gasteiger partial charge on any atom is -0.481 e. The summed E-state index contributed by atoms with van der Waals surface area (Å²) in [6.07, 6.45) is 0.493. The van der Waals surface area contributed by atoms with Crippen molar-refractivity contribution in [1.29, 1.82) is 0 Å². The Morgan fingerprint density at radius 3 is 2.30 bits per heavy atom. The normalized spacial score (nSPS) is 19.8. The van der Waals surface area contributed by atoms with Crippen molar-refractivity contribution < 1.29 is 14.3 Å². The zero-order valence-corrected chi connectivity index (χ0v) is 18.6. The van der Waals surface area contributed by atoms with E-state index in [2.05, 4.69) is 19.2 Å². The summed E-state index contributed by atoms with van der Waals surface area (Å²) in [5.41, 5.74) is 3.28. The van der Waals surface area contributed by atoms with Crippen LogP contribution in [-0.2, 0) is 4.79 Å². The molecule has 0 saturated carbocycles. The van der Waals surface area contributed by atoms with Gasteiger partial charge in [-0.25, -0.2) is 0 Å². The van der Waals surface area contributed by atoms with Crippen LogP contribution in [0.1, 0.15) is 48.7 Å². The van der Waals surface area contributed by atoms with Crippen LogP contribution in [0.25, 0.3) is 0 Å². The smallest absolute Gasteiger partial charge is 0.265 e. The van der Waals surface area contributed by atoms with E-state index in [9.17, 15) is 9.59 Å². The predicted octanol–water partition coefficient (Wildman–Crippen LogP) is 4.83. The fraction of sp³-hybridized carbons (Fsp3) is 0.440. The average Bonchev–Trinajstić information content (AvgIpc) is 2.70. The van der Waals surface area contributed by atoms with Gasteiger partial charge >= 0.3 is 0 Å². The van der Waals surface area contributed by atoms with Gasteiger partial charge in [0.15, 0.2) is 6.10 Å². The Hall–Kier alpha value is -2.82. The van der Waals surface area contributed by atoms with Crippen LogP contribution in [0, 0.1) is 25.7 Å². The molecule has 3 rings (SSSR count). The second-order valence-corrected chi connectivity index (χ2v) is 8.75. The van der Waals surface area contributed by atoms with E-state index < -0.39 is 6.10 Å². The quantitative estimate of drug-likeness (QED) is 0.771. The molecule has 3 atom stereocenters. The van der Waals surface area contributed by atoms with Gasteiger partial charge in [-0.1, -0.05) is 37.6 Å². The third kappa shape index (κ3) is 5.41. The zero-order chi connectivity index (χ0) is 21.8. The van der Waals surface area contributed by atoms with Crippen LogP contribution >= 0.6 is 0 Å². The second-order valence-electron chi connectivity index (χ2n) is 8.75. The largest absolute Gasteiger partial charge is 0.481 e. The number of carbonyl (C=O) groups is 2. The maximum Gasteiger partial charge on any atom is 0.265 e. The Balaban J connectivity index is 1.69. The van der Waals surface area contributed by atoms with Crippen LogP contribution in [0.3, 0.4) is 0 Å². The van der Waals surface area contributed by atoms with Gasteiger partial charge in [0.05, 0.1) is 0 Å². The summed E-state index contributed by atoms with van der Waals surface area (Å²) in [6, 6.07) is 13.1. The van der Waals surface area contributed by atoms with E-state index in [0.717, 1.165) is 30.6 Å². The summed E-state index contributed by atoms with van der Waals surface area (Å²) in [6.45, 7) is 11.6. The van der Waals surface area contributed by atoms with E-state index in [4.69, 9.17) is 4.74 Å². The van der Waals surface area contributed by atoms with Gasteiger partial charge in [-0.3, -0.25) is 9.59 Å². The molecule has 0 aromatic heterocycles. The van der Waals surface area contributed by atoms with Crippen LogP contribution in [0.2, 0.25) is 0 Å². The Kier molecular flexibility index (Phi) is 6.80. The highest BCUT2D eigenvalue weighted by Crippen LogP contribution is 2.24. The number of ether oxygens (including phenoxy) is 1. The van der Waals surface area contributed by atoms with Gasteiger partial charge in [-0.2, -0.15) is 0 Å². The number of nitrogens with zero attached hydrogens (tertiary/aromatic N) is 1. The topological polar surface area (TPSA) is 58.6 Å². The molecular weight excluding hydrogens is 376 g/mol. The van der Waals surface area contributed by atoms with Crippen molar-refractivity contribution >= 4 is 17.5 Å². The zero-order valence-electron chi connectivity index (χ0n) is 18.6. The molecule has 0 spiro atoms. The molecule has 2 aromatic rings. The lowest BCUT2D eigenvalue weighted by Crippen LogP contribution is -2.42. The molecule has 160 valence electrons. The highest BCUT2D eigenvalue weighted by molar-refractivity contribution is 5.99. The van der Waals surface area contributed by atoms with Crippen molar-refractivity contribution in [1.82, 2.24) is 4.90 Å². The molecule has 0 radical (unpaired) electrons.